The van der Waals surface area contributed by atoms with Gasteiger partial charge in [-0.15, -0.1) is 23.2 Å². The van der Waals surface area contributed by atoms with Crippen LogP contribution in [0.25, 0.3) is 0 Å². The van der Waals surface area contributed by atoms with E-state index in [0.717, 1.165) is 0 Å². The maximum absolute atomic E-state index is 5.34. The standard InChI is InChI=1S/C4H5Cl2.Pd/c1-2-4(6)3-5;/h1-2,4H,3H2;/q-1;. The third kappa shape index (κ3) is 6.98. The van der Waals surface area contributed by atoms with Gasteiger partial charge in [-0.3, -0.25) is 6.08 Å². The molecule has 0 aliphatic carbocycles. The Morgan fingerprint density at radius 2 is 2.14 bits per heavy atom. The average molecular weight is 230 g/mol. The summed E-state index contributed by atoms with van der Waals surface area (Å²) < 4.78 is 0. The second-order valence-electron chi connectivity index (χ2n) is 0.863. The van der Waals surface area contributed by atoms with Crippen LogP contribution in [0, 0.1) is 6.58 Å². The van der Waals surface area contributed by atoms with Gasteiger partial charge in [0.2, 0.25) is 0 Å². The number of allylic oxidation sites excluding steroid dienone is 1. The van der Waals surface area contributed by atoms with E-state index in [0.29, 0.717) is 5.88 Å². The molecule has 46 valence electrons. The van der Waals surface area contributed by atoms with Crippen molar-refractivity contribution in [2.45, 2.75) is 5.38 Å². The summed E-state index contributed by atoms with van der Waals surface area (Å²) in [5.74, 6) is 0.387. The van der Waals surface area contributed by atoms with Gasteiger partial charge in [-0.05, 0) is 0 Å². The third-order valence-electron chi connectivity index (χ3n) is 0.356. The van der Waals surface area contributed by atoms with Crippen LogP contribution in [-0.2, 0) is 20.4 Å². The summed E-state index contributed by atoms with van der Waals surface area (Å²) >= 11 is 10.5. The largest absolute Gasteiger partial charge is 0.516 e. The number of hydrogen-bond acceptors (Lipinski definition) is 0. The quantitative estimate of drug-likeness (QED) is 0.386. The first kappa shape index (κ1) is 10.9. The fraction of sp³-hybridized carbons (Fsp3) is 0.500. The van der Waals surface area contributed by atoms with Crippen LogP contribution in [-0.4, -0.2) is 11.3 Å². The summed E-state index contributed by atoms with van der Waals surface area (Å²) in [5, 5.41) is -0.174. The second-order valence-corrected chi connectivity index (χ2v) is 1.73. The van der Waals surface area contributed by atoms with Crippen molar-refractivity contribution in [1.29, 1.82) is 0 Å². The minimum absolute atomic E-state index is 0. The maximum Gasteiger partial charge on any atom is 0.0395 e. The van der Waals surface area contributed by atoms with E-state index in [4.69, 9.17) is 29.8 Å². The van der Waals surface area contributed by atoms with Crippen LogP contribution in [0.1, 0.15) is 0 Å². The van der Waals surface area contributed by atoms with Crippen molar-refractivity contribution >= 4 is 23.2 Å². The number of alkyl halides is 2. The molecule has 0 spiro atoms. The molecule has 0 aromatic rings. The molecule has 0 heterocycles. The van der Waals surface area contributed by atoms with E-state index in [9.17, 15) is 0 Å². The predicted octanol–water partition coefficient (Wildman–Crippen LogP) is 1.82. The fourth-order valence-corrected chi connectivity index (χ4v) is 0.154. The molecule has 1 unspecified atom stereocenters. The zero-order valence-electron chi connectivity index (χ0n) is 3.51. The van der Waals surface area contributed by atoms with E-state index >= 15 is 0 Å². The molecule has 0 N–H and O–H groups in total. The van der Waals surface area contributed by atoms with Gasteiger partial charge in [-0.1, -0.05) is 0 Å². The van der Waals surface area contributed by atoms with Crippen molar-refractivity contribution in [3.8, 4) is 0 Å². The summed E-state index contributed by atoms with van der Waals surface area (Å²) in [6.45, 7) is 4.94. The van der Waals surface area contributed by atoms with Gasteiger partial charge in [0.05, 0.1) is 0 Å². The Hall–Kier alpha value is 0.982. The molecule has 0 saturated carbocycles. The third-order valence-corrected chi connectivity index (χ3v) is 1.15. The van der Waals surface area contributed by atoms with E-state index in [2.05, 4.69) is 0 Å². The minimum Gasteiger partial charge on any atom is -0.516 e. The molecule has 1 atom stereocenters. The number of halogens is 2. The molecule has 0 saturated heterocycles. The van der Waals surface area contributed by atoms with E-state index in [1.54, 1.807) is 0 Å². The smallest absolute Gasteiger partial charge is 0.0395 e. The monoisotopic (exact) mass is 229 g/mol. The molecule has 0 bridgehead atoms. The predicted molar refractivity (Wildman–Crippen MR) is 29.2 cm³/mol. The summed E-state index contributed by atoms with van der Waals surface area (Å²) in [4.78, 5) is 0. The molecule has 0 radical (unpaired) electrons. The van der Waals surface area contributed by atoms with Crippen molar-refractivity contribution in [3.05, 3.63) is 12.7 Å². The van der Waals surface area contributed by atoms with Crippen LogP contribution in [0.3, 0.4) is 0 Å². The van der Waals surface area contributed by atoms with Crippen molar-refractivity contribution in [2.24, 2.45) is 0 Å². The first-order valence-electron chi connectivity index (χ1n) is 1.56. The minimum atomic E-state index is -0.174. The normalized spacial score (nSPS) is 11.7. The average Bonchev–Trinajstić information content (AvgIpc) is 1.65. The molecule has 0 rings (SSSR count). The molecule has 7 heavy (non-hydrogen) atoms. The first-order valence-corrected chi connectivity index (χ1v) is 2.53. The van der Waals surface area contributed by atoms with Crippen molar-refractivity contribution < 1.29 is 20.4 Å². The van der Waals surface area contributed by atoms with Crippen LogP contribution in [0.5, 0.6) is 0 Å². The molecule has 0 fully saturated rings. The van der Waals surface area contributed by atoms with Crippen LogP contribution >= 0.6 is 23.2 Å². The summed E-state index contributed by atoms with van der Waals surface area (Å²) in [5.41, 5.74) is 0. The zero-order chi connectivity index (χ0) is 4.99. The Labute approximate surface area is 67.5 Å². The van der Waals surface area contributed by atoms with Gasteiger partial charge in [0.1, 0.15) is 0 Å². The summed E-state index contributed by atoms with van der Waals surface area (Å²) in [6, 6.07) is 0. The molecule has 0 aromatic heterocycles. The number of rotatable bonds is 2. The Bertz CT molecular complexity index is 47.0. The van der Waals surface area contributed by atoms with E-state index in [1.165, 1.54) is 6.08 Å². The SMILES string of the molecule is [CH-]=CC(Cl)CCl.[Pd]. The first-order chi connectivity index (χ1) is 2.81. The Morgan fingerprint density at radius 1 is 1.71 bits per heavy atom. The van der Waals surface area contributed by atoms with Gasteiger partial charge in [-0.2, -0.15) is 0 Å². The van der Waals surface area contributed by atoms with Crippen molar-refractivity contribution in [3.63, 3.8) is 0 Å². The van der Waals surface area contributed by atoms with Gasteiger partial charge < -0.3 is 6.58 Å². The van der Waals surface area contributed by atoms with E-state index in [-0.39, 0.29) is 25.8 Å². The molecule has 0 amide bonds. The Kier molecular flexibility index (Phi) is 10.8. The summed E-state index contributed by atoms with van der Waals surface area (Å²) in [7, 11) is 0. The molecular weight excluding hydrogens is 225 g/mol. The number of hydrogen-bond donors (Lipinski definition) is 0. The molecule has 0 aliphatic heterocycles. The van der Waals surface area contributed by atoms with E-state index < -0.39 is 0 Å². The van der Waals surface area contributed by atoms with Crippen LogP contribution < -0.4 is 0 Å². The van der Waals surface area contributed by atoms with E-state index in [1.807, 2.05) is 0 Å². The fourth-order valence-electron chi connectivity index (χ4n) is 0.0514. The van der Waals surface area contributed by atoms with Crippen LogP contribution in [0.15, 0.2) is 6.08 Å². The van der Waals surface area contributed by atoms with Gasteiger partial charge in [0.15, 0.2) is 0 Å². The maximum atomic E-state index is 5.34. The van der Waals surface area contributed by atoms with Gasteiger partial charge in [0.25, 0.3) is 0 Å². The van der Waals surface area contributed by atoms with Gasteiger partial charge in [0, 0.05) is 31.7 Å². The van der Waals surface area contributed by atoms with Crippen molar-refractivity contribution in [1.82, 2.24) is 0 Å². The van der Waals surface area contributed by atoms with Gasteiger partial charge in [-0.25, -0.2) is 0 Å². The molecule has 0 aromatic carbocycles. The molecule has 0 aliphatic rings. The van der Waals surface area contributed by atoms with Gasteiger partial charge >= 0.3 is 0 Å². The molecule has 0 nitrogen and oxygen atoms in total. The Balaban J connectivity index is 0. The van der Waals surface area contributed by atoms with Crippen LogP contribution in [0.4, 0.5) is 0 Å². The topological polar surface area (TPSA) is 0 Å². The Morgan fingerprint density at radius 3 is 2.14 bits per heavy atom. The second kappa shape index (κ2) is 6.98. The molecular formula is C4H5Cl2Pd-. The van der Waals surface area contributed by atoms with Crippen LogP contribution in [0.2, 0.25) is 0 Å². The zero-order valence-corrected chi connectivity index (χ0v) is 6.58. The summed E-state index contributed by atoms with van der Waals surface area (Å²) in [6.07, 6.45) is 1.36. The van der Waals surface area contributed by atoms with Crippen molar-refractivity contribution in [2.75, 3.05) is 5.88 Å². The molecule has 3 heteroatoms.